The van der Waals surface area contributed by atoms with Gasteiger partial charge in [0.25, 0.3) is 5.91 Å². The molecule has 1 saturated carbocycles. The van der Waals surface area contributed by atoms with Crippen LogP contribution in [-0.2, 0) is 19.5 Å². The number of aromatic nitrogens is 1. The normalized spacial score (nSPS) is 16.7. The predicted molar refractivity (Wildman–Crippen MR) is 97.8 cm³/mol. The lowest BCUT2D eigenvalue weighted by atomic mass is 10.1. The second kappa shape index (κ2) is 7.14. The van der Waals surface area contributed by atoms with E-state index in [9.17, 15) is 4.79 Å². The van der Waals surface area contributed by atoms with E-state index in [-0.39, 0.29) is 5.91 Å². The summed E-state index contributed by atoms with van der Waals surface area (Å²) in [5, 5.41) is 2.65. The SMILES string of the molecule is NCc1nc(C(=O)N(Cc2ccc3c(c2)CCO3)C2CCCC2)cs1. The Hall–Kier alpha value is -1.92. The summed E-state index contributed by atoms with van der Waals surface area (Å²) in [5.41, 5.74) is 8.59. The summed E-state index contributed by atoms with van der Waals surface area (Å²) in [7, 11) is 0. The van der Waals surface area contributed by atoms with E-state index in [2.05, 4.69) is 17.1 Å². The molecule has 1 aliphatic heterocycles. The number of ether oxygens (including phenoxy) is 1. The average molecular weight is 357 g/mol. The maximum Gasteiger partial charge on any atom is 0.273 e. The maximum atomic E-state index is 13.1. The molecule has 2 N–H and O–H groups in total. The third-order valence-electron chi connectivity index (χ3n) is 5.08. The van der Waals surface area contributed by atoms with Gasteiger partial charge < -0.3 is 15.4 Å². The number of hydrogen-bond acceptors (Lipinski definition) is 5. The van der Waals surface area contributed by atoms with Crippen LogP contribution in [0.3, 0.4) is 0 Å². The van der Waals surface area contributed by atoms with Crippen molar-refractivity contribution in [2.75, 3.05) is 6.61 Å². The summed E-state index contributed by atoms with van der Waals surface area (Å²) in [5.74, 6) is 1.01. The van der Waals surface area contributed by atoms with Crippen LogP contribution in [0.2, 0.25) is 0 Å². The number of carbonyl (C=O) groups is 1. The van der Waals surface area contributed by atoms with E-state index in [0.717, 1.165) is 36.6 Å². The van der Waals surface area contributed by atoms with Gasteiger partial charge in [0.2, 0.25) is 0 Å². The Labute approximate surface area is 151 Å². The van der Waals surface area contributed by atoms with Gasteiger partial charge in [-0.05, 0) is 30.0 Å². The van der Waals surface area contributed by atoms with E-state index in [1.54, 1.807) is 0 Å². The van der Waals surface area contributed by atoms with Gasteiger partial charge in [0.05, 0.1) is 6.61 Å². The molecule has 0 radical (unpaired) electrons. The minimum atomic E-state index is 0.0274. The first kappa shape index (κ1) is 16.5. The zero-order chi connectivity index (χ0) is 17.2. The number of amides is 1. The molecule has 1 amide bonds. The number of thiazole rings is 1. The summed E-state index contributed by atoms with van der Waals surface area (Å²) in [4.78, 5) is 19.5. The molecule has 132 valence electrons. The van der Waals surface area contributed by atoms with Crippen molar-refractivity contribution in [2.45, 2.75) is 51.2 Å². The Morgan fingerprint density at radius 1 is 1.36 bits per heavy atom. The quantitative estimate of drug-likeness (QED) is 0.893. The summed E-state index contributed by atoms with van der Waals surface area (Å²) < 4.78 is 5.59. The zero-order valence-electron chi connectivity index (χ0n) is 14.2. The highest BCUT2D eigenvalue weighted by molar-refractivity contribution is 7.09. The second-order valence-corrected chi connectivity index (χ2v) is 7.69. The fourth-order valence-electron chi connectivity index (χ4n) is 3.77. The third-order valence-corrected chi connectivity index (χ3v) is 5.95. The predicted octanol–water partition coefficient (Wildman–Crippen LogP) is 3.12. The molecule has 1 aliphatic carbocycles. The average Bonchev–Trinajstić information content (AvgIpc) is 3.39. The summed E-state index contributed by atoms with van der Waals surface area (Å²) in [6.45, 7) is 1.77. The molecule has 1 aromatic heterocycles. The summed E-state index contributed by atoms with van der Waals surface area (Å²) >= 11 is 1.46. The van der Waals surface area contributed by atoms with E-state index >= 15 is 0 Å². The molecule has 2 aliphatic rings. The van der Waals surface area contributed by atoms with Gasteiger partial charge in [-0.25, -0.2) is 4.98 Å². The highest BCUT2D eigenvalue weighted by Crippen LogP contribution is 2.30. The third kappa shape index (κ3) is 3.41. The molecule has 25 heavy (non-hydrogen) atoms. The number of rotatable bonds is 5. The monoisotopic (exact) mass is 357 g/mol. The number of carbonyl (C=O) groups excluding carboxylic acids is 1. The first-order valence-electron chi connectivity index (χ1n) is 8.94. The molecule has 1 fully saturated rings. The van der Waals surface area contributed by atoms with Crippen molar-refractivity contribution in [3.05, 3.63) is 45.4 Å². The van der Waals surface area contributed by atoms with Crippen molar-refractivity contribution >= 4 is 17.2 Å². The largest absolute Gasteiger partial charge is 0.493 e. The molecule has 0 bridgehead atoms. The van der Waals surface area contributed by atoms with Crippen LogP contribution in [0, 0.1) is 0 Å². The van der Waals surface area contributed by atoms with E-state index in [1.807, 2.05) is 16.3 Å². The Morgan fingerprint density at radius 3 is 2.96 bits per heavy atom. The molecular weight excluding hydrogens is 334 g/mol. The number of hydrogen-bond donors (Lipinski definition) is 1. The molecule has 2 aromatic rings. The molecule has 2 heterocycles. The number of fused-ring (bicyclic) bond motifs is 1. The molecule has 0 spiro atoms. The first-order chi connectivity index (χ1) is 12.2. The highest BCUT2D eigenvalue weighted by Gasteiger charge is 2.29. The van der Waals surface area contributed by atoms with Crippen LogP contribution < -0.4 is 10.5 Å². The van der Waals surface area contributed by atoms with Crippen LogP contribution in [0.1, 0.15) is 52.3 Å². The fourth-order valence-corrected chi connectivity index (χ4v) is 4.42. The van der Waals surface area contributed by atoms with E-state index in [1.165, 1.54) is 35.3 Å². The van der Waals surface area contributed by atoms with Crippen LogP contribution in [-0.4, -0.2) is 28.4 Å². The number of benzene rings is 1. The van der Waals surface area contributed by atoms with Gasteiger partial charge in [-0.2, -0.15) is 0 Å². The fraction of sp³-hybridized carbons (Fsp3) is 0.474. The topological polar surface area (TPSA) is 68.5 Å². The lowest BCUT2D eigenvalue weighted by Crippen LogP contribution is -2.38. The van der Waals surface area contributed by atoms with Crippen LogP contribution in [0.5, 0.6) is 5.75 Å². The second-order valence-electron chi connectivity index (χ2n) is 6.74. The Morgan fingerprint density at radius 2 is 2.20 bits per heavy atom. The van der Waals surface area contributed by atoms with Crippen molar-refractivity contribution < 1.29 is 9.53 Å². The van der Waals surface area contributed by atoms with Crippen LogP contribution >= 0.6 is 11.3 Å². The van der Waals surface area contributed by atoms with Gasteiger partial charge in [0.1, 0.15) is 16.5 Å². The van der Waals surface area contributed by atoms with Crippen molar-refractivity contribution in [3.63, 3.8) is 0 Å². The van der Waals surface area contributed by atoms with E-state index in [4.69, 9.17) is 10.5 Å². The van der Waals surface area contributed by atoms with Gasteiger partial charge in [-0.1, -0.05) is 25.0 Å². The van der Waals surface area contributed by atoms with Crippen molar-refractivity contribution in [2.24, 2.45) is 5.73 Å². The van der Waals surface area contributed by atoms with Crippen LogP contribution in [0.25, 0.3) is 0 Å². The lowest BCUT2D eigenvalue weighted by Gasteiger charge is -2.28. The van der Waals surface area contributed by atoms with Gasteiger partial charge in [0.15, 0.2) is 0 Å². The lowest BCUT2D eigenvalue weighted by molar-refractivity contribution is 0.0659. The van der Waals surface area contributed by atoms with Crippen LogP contribution in [0.4, 0.5) is 0 Å². The molecule has 5 nitrogen and oxygen atoms in total. The smallest absolute Gasteiger partial charge is 0.273 e. The van der Waals surface area contributed by atoms with Gasteiger partial charge in [-0.15, -0.1) is 11.3 Å². The minimum Gasteiger partial charge on any atom is -0.493 e. The Balaban J connectivity index is 1.58. The molecule has 6 heteroatoms. The van der Waals surface area contributed by atoms with Crippen molar-refractivity contribution in [1.29, 1.82) is 0 Å². The van der Waals surface area contributed by atoms with Crippen molar-refractivity contribution in [1.82, 2.24) is 9.88 Å². The molecule has 0 unspecified atom stereocenters. The zero-order valence-corrected chi connectivity index (χ0v) is 15.1. The molecule has 0 saturated heterocycles. The van der Waals surface area contributed by atoms with Crippen LogP contribution in [0.15, 0.2) is 23.6 Å². The Bertz CT molecular complexity index is 768. The standard InChI is InChI=1S/C19H23N3O2S/c20-10-18-21-16(12-25-18)19(23)22(15-3-1-2-4-15)11-13-5-6-17-14(9-13)7-8-24-17/h5-6,9,12,15H,1-4,7-8,10-11,20H2. The molecule has 0 atom stereocenters. The van der Waals surface area contributed by atoms with Gasteiger partial charge >= 0.3 is 0 Å². The molecule has 4 rings (SSSR count). The first-order valence-corrected chi connectivity index (χ1v) is 9.82. The van der Waals surface area contributed by atoms with Gasteiger partial charge in [0, 0.05) is 30.9 Å². The molecule has 1 aromatic carbocycles. The van der Waals surface area contributed by atoms with Crippen molar-refractivity contribution in [3.8, 4) is 5.75 Å². The maximum absolute atomic E-state index is 13.1. The summed E-state index contributed by atoms with van der Waals surface area (Å²) in [6, 6.07) is 6.60. The number of nitrogens with zero attached hydrogens (tertiary/aromatic N) is 2. The summed E-state index contributed by atoms with van der Waals surface area (Å²) in [6.07, 6.45) is 5.49. The van der Waals surface area contributed by atoms with E-state index in [0.29, 0.717) is 24.8 Å². The Kier molecular flexibility index (Phi) is 4.72. The minimum absolute atomic E-state index is 0.0274. The van der Waals surface area contributed by atoms with E-state index < -0.39 is 0 Å². The molecular formula is C19H23N3O2S. The van der Waals surface area contributed by atoms with Gasteiger partial charge in [-0.3, -0.25) is 4.79 Å². The highest BCUT2D eigenvalue weighted by atomic mass is 32.1. The number of nitrogens with two attached hydrogens (primary N) is 1.